The molecule has 1 aliphatic rings. The first kappa shape index (κ1) is 15.6. The molecule has 0 unspecified atom stereocenters. The largest absolute Gasteiger partial charge is 0.381 e. The van der Waals surface area contributed by atoms with Crippen molar-refractivity contribution in [2.45, 2.75) is 6.50 Å². The first-order chi connectivity index (χ1) is 15.3. The number of nitrogens with one attached hydrogen (secondary N) is 1. The number of carbonyl (C=O) groups is 1. The number of halogens is 1. The Bertz CT molecular complexity index is 1540. The molecule has 6 nitrogen and oxygen atoms in total. The Morgan fingerprint density at radius 2 is 1.90 bits per heavy atom. The lowest BCUT2D eigenvalue weighted by Gasteiger charge is -2.09. The van der Waals surface area contributed by atoms with Crippen LogP contribution in [0.2, 0.25) is 0 Å². The third-order valence-electron chi connectivity index (χ3n) is 4.88. The van der Waals surface area contributed by atoms with E-state index in [2.05, 4.69) is 10.3 Å². The second kappa shape index (κ2) is 6.64. The molecule has 2 heterocycles. The topological polar surface area (TPSA) is 87.8 Å². The summed E-state index contributed by atoms with van der Waals surface area (Å²) in [5, 5.41) is 12.1. The fraction of sp³-hybridized carbons (Fsp3) is 0.0435. The highest BCUT2D eigenvalue weighted by molar-refractivity contribution is 6.13. The molecule has 5 rings (SSSR count). The molecule has 30 heavy (non-hydrogen) atoms. The number of nitriles is 1. The molecule has 1 aliphatic heterocycles. The number of ketones is 1. The highest BCUT2D eigenvalue weighted by atomic mass is 19.1. The number of hydrogen-bond acceptors (Lipinski definition) is 5. The second-order valence-electron chi connectivity index (χ2n) is 6.74. The van der Waals surface area contributed by atoms with Gasteiger partial charge in [-0.25, -0.2) is 9.37 Å². The minimum absolute atomic E-state index is 0.0636. The van der Waals surface area contributed by atoms with Crippen molar-refractivity contribution in [3.05, 3.63) is 99.3 Å². The van der Waals surface area contributed by atoms with Gasteiger partial charge in [0, 0.05) is 12.2 Å². The summed E-state index contributed by atoms with van der Waals surface area (Å²) in [6.07, 6.45) is 0. The van der Waals surface area contributed by atoms with Crippen LogP contribution in [0.4, 0.5) is 10.1 Å². The molecule has 1 aromatic heterocycles. The van der Waals surface area contributed by atoms with Crippen molar-refractivity contribution in [2.24, 2.45) is 0 Å². The molecule has 0 atom stereocenters. The first-order valence-corrected chi connectivity index (χ1v) is 8.99. The molecule has 0 saturated heterocycles. The van der Waals surface area contributed by atoms with E-state index in [-0.39, 0.29) is 27.9 Å². The van der Waals surface area contributed by atoms with Crippen molar-refractivity contribution in [3.63, 3.8) is 0 Å². The van der Waals surface area contributed by atoms with Crippen LogP contribution in [0.1, 0.15) is 30.1 Å². The van der Waals surface area contributed by atoms with E-state index in [1.807, 2.05) is 6.07 Å². The molecule has 0 radical (unpaired) electrons. The van der Waals surface area contributed by atoms with E-state index in [0.717, 1.165) is 0 Å². The van der Waals surface area contributed by atoms with Gasteiger partial charge in [-0.15, -0.1) is 0 Å². The van der Waals surface area contributed by atoms with Crippen molar-refractivity contribution >= 4 is 22.4 Å². The van der Waals surface area contributed by atoms with Gasteiger partial charge in [0.1, 0.15) is 5.82 Å². The summed E-state index contributed by atoms with van der Waals surface area (Å²) in [6, 6.07) is 16.0. The molecule has 3 aromatic carbocycles. The van der Waals surface area contributed by atoms with Crippen molar-refractivity contribution in [1.82, 2.24) is 9.55 Å². The standard InChI is InChI=1S/C23H13FN4O2/c24-15-4-1-13(2-5-15)12-26-16-6-7-17-19(10-16)27-22-21(29)18-9-14(11-25)3-8-20(18)28(22)23(17)30/h1-10,26H,12H2/i12D2. The van der Waals surface area contributed by atoms with E-state index in [4.69, 9.17) is 8.00 Å². The average molecular weight is 398 g/mol. The van der Waals surface area contributed by atoms with Gasteiger partial charge in [-0.1, -0.05) is 12.1 Å². The molecule has 4 aromatic rings. The minimum Gasteiger partial charge on any atom is -0.381 e. The number of carbonyl (C=O) groups excluding carboxylic acids is 1. The Kier molecular flexibility index (Phi) is 3.45. The van der Waals surface area contributed by atoms with Crippen molar-refractivity contribution < 1.29 is 11.9 Å². The van der Waals surface area contributed by atoms with E-state index in [1.54, 1.807) is 6.07 Å². The monoisotopic (exact) mass is 398 g/mol. The summed E-state index contributed by atoms with van der Waals surface area (Å²) in [5.74, 6) is -0.997. The normalized spacial score (nSPS) is 13.3. The second-order valence-corrected chi connectivity index (χ2v) is 6.74. The third kappa shape index (κ3) is 2.74. The molecule has 144 valence electrons. The lowest BCUT2D eigenvalue weighted by atomic mass is 10.1. The van der Waals surface area contributed by atoms with Gasteiger partial charge >= 0.3 is 0 Å². The molecular weight excluding hydrogens is 383 g/mol. The van der Waals surface area contributed by atoms with Crippen molar-refractivity contribution in [2.75, 3.05) is 5.32 Å². The molecule has 0 amide bonds. The van der Waals surface area contributed by atoms with Crippen LogP contribution in [0.3, 0.4) is 0 Å². The molecular formula is C23H13FN4O2. The Balaban J connectivity index is 1.59. The number of hydrogen-bond donors (Lipinski definition) is 1. The van der Waals surface area contributed by atoms with E-state index < -0.39 is 23.7 Å². The molecule has 0 aliphatic carbocycles. The minimum atomic E-state index is -2.02. The zero-order valence-electron chi connectivity index (χ0n) is 17.3. The van der Waals surface area contributed by atoms with Crippen LogP contribution < -0.4 is 10.9 Å². The van der Waals surface area contributed by atoms with Crippen molar-refractivity contribution in [1.29, 1.82) is 5.26 Å². The fourth-order valence-electron chi connectivity index (χ4n) is 3.42. The Labute approximate surface area is 172 Å². The van der Waals surface area contributed by atoms with Gasteiger partial charge in [0.2, 0.25) is 5.78 Å². The maximum absolute atomic E-state index is 13.2. The molecule has 7 heteroatoms. The quantitative estimate of drug-likeness (QED) is 0.502. The predicted octanol–water partition coefficient (Wildman–Crippen LogP) is 3.55. The highest BCUT2D eigenvalue weighted by Crippen LogP contribution is 2.27. The zero-order chi connectivity index (χ0) is 22.6. The number of nitrogens with zero attached hydrogens (tertiary/aromatic N) is 3. The molecule has 1 N–H and O–H groups in total. The molecule has 0 fully saturated rings. The maximum atomic E-state index is 13.2. The Morgan fingerprint density at radius 1 is 1.10 bits per heavy atom. The van der Waals surface area contributed by atoms with Gasteiger partial charge in [0.05, 0.1) is 36.5 Å². The molecule has 0 saturated carbocycles. The molecule has 0 spiro atoms. The number of benzene rings is 3. The zero-order valence-corrected chi connectivity index (χ0v) is 15.3. The highest BCUT2D eigenvalue weighted by Gasteiger charge is 2.30. The number of fused-ring (bicyclic) bond motifs is 4. The van der Waals surface area contributed by atoms with Crippen LogP contribution in [-0.2, 0) is 6.50 Å². The smallest absolute Gasteiger partial charge is 0.266 e. The van der Waals surface area contributed by atoms with Gasteiger partial charge in [0.15, 0.2) is 5.82 Å². The van der Waals surface area contributed by atoms with Gasteiger partial charge in [0.25, 0.3) is 5.56 Å². The summed E-state index contributed by atoms with van der Waals surface area (Å²) in [4.78, 5) is 30.3. The predicted molar refractivity (Wildman–Crippen MR) is 109 cm³/mol. The average Bonchev–Trinajstić information content (AvgIpc) is 3.05. The first-order valence-electron chi connectivity index (χ1n) is 9.99. The van der Waals surface area contributed by atoms with Crippen LogP contribution in [0.5, 0.6) is 0 Å². The summed E-state index contributed by atoms with van der Waals surface area (Å²) in [5.41, 5.74) is 1.25. The van der Waals surface area contributed by atoms with E-state index >= 15 is 0 Å². The van der Waals surface area contributed by atoms with Crippen LogP contribution in [0, 0.1) is 17.1 Å². The summed E-state index contributed by atoms with van der Waals surface area (Å²) < 4.78 is 30.9. The Hall–Kier alpha value is -4.31. The molecule has 0 bridgehead atoms. The van der Waals surface area contributed by atoms with Gasteiger partial charge in [-0.3, -0.25) is 14.2 Å². The van der Waals surface area contributed by atoms with E-state index in [1.165, 1.54) is 59.2 Å². The maximum Gasteiger partial charge on any atom is 0.266 e. The summed E-state index contributed by atoms with van der Waals surface area (Å²) in [7, 11) is 0. The van der Waals surface area contributed by atoms with Crippen molar-refractivity contribution in [3.8, 4) is 11.8 Å². The third-order valence-corrected chi connectivity index (χ3v) is 4.88. The number of rotatable bonds is 3. The summed E-state index contributed by atoms with van der Waals surface area (Å²) in [6.45, 7) is -2.02. The van der Waals surface area contributed by atoms with Crippen LogP contribution >= 0.6 is 0 Å². The SMILES string of the molecule is [2H]C([2H])(Nc1ccc2c(=O)n3c(nc2c1)C(=O)c1cc(C#N)ccc1-3)c1ccc(F)cc1. The van der Waals surface area contributed by atoms with Gasteiger partial charge < -0.3 is 5.32 Å². The van der Waals surface area contributed by atoms with E-state index in [0.29, 0.717) is 16.9 Å². The lowest BCUT2D eigenvalue weighted by molar-refractivity contribution is 0.103. The van der Waals surface area contributed by atoms with Gasteiger partial charge in [-0.2, -0.15) is 5.26 Å². The lowest BCUT2D eigenvalue weighted by Crippen LogP contribution is -2.21. The number of anilines is 1. The van der Waals surface area contributed by atoms with Gasteiger partial charge in [-0.05, 0) is 54.1 Å². The van der Waals surface area contributed by atoms with E-state index in [9.17, 15) is 14.0 Å². The van der Waals surface area contributed by atoms with Crippen LogP contribution in [0.15, 0.2) is 65.5 Å². The number of aromatic nitrogens is 2. The fourth-order valence-corrected chi connectivity index (χ4v) is 3.42. The van der Waals surface area contributed by atoms with Crippen LogP contribution in [0.25, 0.3) is 16.6 Å². The Morgan fingerprint density at radius 3 is 2.67 bits per heavy atom. The van der Waals surface area contributed by atoms with Crippen LogP contribution in [-0.4, -0.2) is 15.3 Å². The summed E-state index contributed by atoms with van der Waals surface area (Å²) >= 11 is 0.